The van der Waals surface area contributed by atoms with Gasteiger partial charge < -0.3 is 14.2 Å². The van der Waals surface area contributed by atoms with Crippen molar-refractivity contribution in [1.82, 2.24) is 0 Å². The number of carbonyl (C=O) groups is 2. The van der Waals surface area contributed by atoms with Crippen molar-refractivity contribution in [1.29, 1.82) is 0 Å². The monoisotopic (exact) mass is 358 g/mol. The lowest BCUT2D eigenvalue weighted by atomic mass is 10.2. The van der Waals surface area contributed by atoms with E-state index in [2.05, 4.69) is 15.9 Å². The maximum Gasteiger partial charge on any atom is 0.344 e. The summed E-state index contributed by atoms with van der Waals surface area (Å²) in [6, 6.07) is 3.17. The Hall–Kier alpha value is -1.56. The molecule has 0 aliphatic heterocycles. The van der Waals surface area contributed by atoms with Crippen LogP contribution in [0.1, 0.15) is 37.0 Å². The molecule has 0 saturated heterocycles. The van der Waals surface area contributed by atoms with E-state index >= 15 is 0 Å². The lowest BCUT2D eigenvalue weighted by Crippen LogP contribution is -2.16. The molecule has 5 nitrogen and oxygen atoms in total. The molecule has 0 aromatic heterocycles. The highest BCUT2D eigenvalue weighted by atomic mass is 79.9. The number of rotatable bonds is 9. The van der Waals surface area contributed by atoms with Crippen LogP contribution in [-0.2, 0) is 9.53 Å². The number of ether oxygens (including phenoxy) is 3. The molecule has 1 aromatic carbocycles. The number of hydrogen-bond donors (Lipinski definition) is 0. The molecule has 0 aliphatic carbocycles. The van der Waals surface area contributed by atoms with Crippen LogP contribution in [0.15, 0.2) is 16.6 Å². The predicted molar refractivity (Wildman–Crippen MR) is 82.1 cm³/mol. The Balaban J connectivity index is 2.72. The highest BCUT2D eigenvalue weighted by Crippen LogP contribution is 2.36. The molecule has 0 spiro atoms. The molecule has 0 N–H and O–H groups in total. The molecule has 0 bridgehead atoms. The zero-order chi connectivity index (χ0) is 15.7. The second kappa shape index (κ2) is 9.39. The summed E-state index contributed by atoms with van der Waals surface area (Å²) in [5, 5.41) is 0. The van der Waals surface area contributed by atoms with E-state index in [0.29, 0.717) is 34.7 Å². The summed E-state index contributed by atoms with van der Waals surface area (Å²) in [6.07, 6.45) is 2.51. The first-order valence-electron chi connectivity index (χ1n) is 6.82. The number of carbonyl (C=O) groups excluding carboxylic acids is 2. The van der Waals surface area contributed by atoms with Crippen LogP contribution in [0.5, 0.6) is 11.5 Å². The number of halogens is 1. The zero-order valence-corrected chi connectivity index (χ0v) is 13.8. The van der Waals surface area contributed by atoms with Gasteiger partial charge in [-0.3, -0.25) is 4.79 Å². The van der Waals surface area contributed by atoms with Gasteiger partial charge in [0.1, 0.15) is 6.29 Å². The molecule has 0 saturated carbocycles. The number of unbranched alkanes of at least 4 members (excludes halogenated alkanes) is 1. The second-order valence-corrected chi connectivity index (χ2v) is 5.10. The number of esters is 1. The van der Waals surface area contributed by atoms with Gasteiger partial charge in [0.05, 0.1) is 17.7 Å². The fourth-order valence-electron chi connectivity index (χ4n) is 1.56. The molecule has 0 amide bonds. The summed E-state index contributed by atoms with van der Waals surface area (Å²) in [7, 11) is 0. The number of benzene rings is 1. The SMILES string of the molecule is CCCCOC(=O)COc1c(Br)cc(C=O)cc1OCC. The minimum atomic E-state index is -0.433. The topological polar surface area (TPSA) is 61.8 Å². The van der Waals surface area contributed by atoms with Crippen molar-refractivity contribution in [2.45, 2.75) is 26.7 Å². The molecule has 1 rings (SSSR count). The van der Waals surface area contributed by atoms with Gasteiger partial charge in [-0.15, -0.1) is 0 Å². The average Bonchev–Trinajstić information content (AvgIpc) is 2.46. The van der Waals surface area contributed by atoms with E-state index in [1.165, 1.54) is 0 Å². The quantitative estimate of drug-likeness (QED) is 0.384. The van der Waals surface area contributed by atoms with Crippen molar-refractivity contribution in [3.05, 3.63) is 22.2 Å². The first-order valence-corrected chi connectivity index (χ1v) is 7.61. The number of hydrogen-bond acceptors (Lipinski definition) is 5. The van der Waals surface area contributed by atoms with Crippen LogP contribution in [0.4, 0.5) is 0 Å². The number of aldehydes is 1. The third kappa shape index (κ3) is 5.75. The fraction of sp³-hybridized carbons (Fsp3) is 0.467. The van der Waals surface area contributed by atoms with Crippen LogP contribution in [0.2, 0.25) is 0 Å². The minimum Gasteiger partial charge on any atom is -0.490 e. The van der Waals surface area contributed by atoms with E-state index < -0.39 is 5.97 Å². The molecule has 0 heterocycles. The van der Waals surface area contributed by atoms with Crippen LogP contribution in [0.3, 0.4) is 0 Å². The second-order valence-electron chi connectivity index (χ2n) is 4.24. The molecule has 0 unspecified atom stereocenters. The zero-order valence-electron chi connectivity index (χ0n) is 12.2. The van der Waals surface area contributed by atoms with Gasteiger partial charge in [-0.1, -0.05) is 13.3 Å². The van der Waals surface area contributed by atoms with Gasteiger partial charge in [-0.05, 0) is 41.4 Å². The third-order valence-electron chi connectivity index (χ3n) is 2.56. The molecule has 0 atom stereocenters. The van der Waals surface area contributed by atoms with E-state index in [-0.39, 0.29) is 6.61 Å². The molecule has 6 heteroatoms. The van der Waals surface area contributed by atoms with E-state index in [1.54, 1.807) is 12.1 Å². The van der Waals surface area contributed by atoms with Crippen molar-refractivity contribution in [3.8, 4) is 11.5 Å². The Morgan fingerprint density at radius 3 is 2.67 bits per heavy atom. The van der Waals surface area contributed by atoms with E-state index in [9.17, 15) is 9.59 Å². The average molecular weight is 359 g/mol. The van der Waals surface area contributed by atoms with Gasteiger partial charge in [0.15, 0.2) is 18.1 Å². The summed E-state index contributed by atoms with van der Waals surface area (Å²) in [5.41, 5.74) is 0.461. The lowest BCUT2D eigenvalue weighted by molar-refractivity contribution is -0.146. The molecular formula is C15H19BrO5. The Morgan fingerprint density at radius 1 is 1.29 bits per heavy atom. The van der Waals surface area contributed by atoms with Gasteiger partial charge in [0.2, 0.25) is 0 Å². The van der Waals surface area contributed by atoms with Crippen LogP contribution in [-0.4, -0.2) is 32.1 Å². The Labute approximate surface area is 132 Å². The van der Waals surface area contributed by atoms with Gasteiger partial charge >= 0.3 is 5.97 Å². The predicted octanol–water partition coefficient (Wildman–Crippen LogP) is 3.38. The van der Waals surface area contributed by atoms with E-state index in [0.717, 1.165) is 19.1 Å². The molecule has 21 heavy (non-hydrogen) atoms. The molecular weight excluding hydrogens is 340 g/mol. The molecule has 0 radical (unpaired) electrons. The summed E-state index contributed by atoms with van der Waals surface area (Å²) in [4.78, 5) is 22.4. The third-order valence-corrected chi connectivity index (χ3v) is 3.15. The van der Waals surface area contributed by atoms with Crippen molar-refractivity contribution >= 4 is 28.2 Å². The highest BCUT2D eigenvalue weighted by molar-refractivity contribution is 9.10. The van der Waals surface area contributed by atoms with Crippen LogP contribution in [0, 0.1) is 0 Å². The summed E-state index contributed by atoms with van der Waals surface area (Å²) in [6.45, 7) is 4.45. The minimum absolute atomic E-state index is 0.206. The smallest absolute Gasteiger partial charge is 0.344 e. The highest BCUT2D eigenvalue weighted by Gasteiger charge is 2.14. The van der Waals surface area contributed by atoms with Gasteiger partial charge in [0, 0.05) is 5.56 Å². The standard InChI is InChI=1S/C15H19BrO5/c1-3-5-6-20-14(18)10-21-15-12(16)7-11(9-17)8-13(15)19-4-2/h7-9H,3-6,10H2,1-2H3. The van der Waals surface area contributed by atoms with Crippen molar-refractivity contribution in [2.24, 2.45) is 0 Å². The normalized spacial score (nSPS) is 10.0. The van der Waals surface area contributed by atoms with Crippen molar-refractivity contribution in [2.75, 3.05) is 19.8 Å². The Morgan fingerprint density at radius 2 is 2.05 bits per heavy atom. The first kappa shape index (κ1) is 17.5. The van der Waals surface area contributed by atoms with Crippen LogP contribution >= 0.6 is 15.9 Å². The van der Waals surface area contributed by atoms with Gasteiger partial charge in [0.25, 0.3) is 0 Å². The van der Waals surface area contributed by atoms with Crippen LogP contribution in [0.25, 0.3) is 0 Å². The van der Waals surface area contributed by atoms with Gasteiger partial charge in [-0.25, -0.2) is 4.79 Å². The maximum atomic E-state index is 11.5. The molecule has 116 valence electrons. The van der Waals surface area contributed by atoms with Crippen molar-refractivity contribution < 1.29 is 23.8 Å². The first-order chi connectivity index (χ1) is 10.1. The molecule has 0 fully saturated rings. The molecule has 0 aliphatic rings. The van der Waals surface area contributed by atoms with Gasteiger partial charge in [-0.2, -0.15) is 0 Å². The lowest BCUT2D eigenvalue weighted by Gasteiger charge is -2.14. The van der Waals surface area contributed by atoms with Crippen molar-refractivity contribution in [3.63, 3.8) is 0 Å². The maximum absolute atomic E-state index is 11.5. The van der Waals surface area contributed by atoms with E-state index in [4.69, 9.17) is 14.2 Å². The summed E-state index contributed by atoms with van der Waals surface area (Å²) >= 11 is 3.31. The van der Waals surface area contributed by atoms with E-state index in [1.807, 2.05) is 13.8 Å². The Kier molecular flexibility index (Phi) is 7.82. The summed E-state index contributed by atoms with van der Waals surface area (Å²) < 4.78 is 16.4. The van der Waals surface area contributed by atoms with Crippen LogP contribution < -0.4 is 9.47 Å². The summed E-state index contributed by atoms with van der Waals surface area (Å²) in [5.74, 6) is 0.363. The molecule has 1 aromatic rings. The Bertz CT molecular complexity index is 487. The fourth-order valence-corrected chi connectivity index (χ4v) is 2.14. The largest absolute Gasteiger partial charge is 0.490 e.